The van der Waals surface area contributed by atoms with Gasteiger partial charge in [-0.15, -0.1) is 10.2 Å². The Morgan fingerprint density at radius 3 is 2.65 bits per heavy atom. The largest absolute Gasteiger partial charge is 0.251 e. The van der Waals surface area contributed by atoms with Gasteiger partial charge in [-0.25, -0.2) is 0 Å². The molecule has 0 N–H and O–H groups in total. The molecule has 3 heterocycles. The van der Waals surface area contributed by atoms with E-state index in [-0.39, 0.29) is 0 Å². The Hall–Kier alpha value is -1.72. The smallest absolute Gasteiger partial charge is 0.203 e. The molecule has 0 aromatic carbocycles. The second-order valence-electron chi connectivity index (χ2n) is 3.31. The monoisotopic (exact) mass is 265 g/mol. The molecule has 5 nitrogen and oxygen atoms in total. The van der Waals surface area contributed by atoms with Crippen LogP contribution in [0.1, 0.15) is 0 Å². The first-order chi connectivity index (χ1) is 8.24. The maximum atomic E-state index is 5.83. The van der Waals surface area contributed by atoms with Crippen molar-refractivity contribution in [2.75, 3.05) is 0 Å². The highest BCUT2D eigenvalue weighted by Crippen LogP contribution is 2.17. The highest BCUT2D eigenvalue weighted by molar-refractivity contribution is 6.30. The van der Waals surface area contributed by atoms with Crippen LogP contribution in [0.5, 0.6) is 0 Å². The molecule has 0 radical (unpaired) electrons. The van der Waals surface area contributed by atoms with Crippen LogP contribution < -0.4 is 0 Å². The average molecular weight is 266 g/mol. The lowest BCUT2D eigenvalue weighted by atomic mass is 10.3. The van der Waals surface area contributed by atoms with Crippen LogP contribution in [0.4, 0.5) is 0 Å². The summed E-state index contributed by atoms with van der Waals surface area (Å²) in [5.74, 6) is 0.527. The Bertz CT molecular complexity index is 677. The summed E-state index contributed by atoms with van der Waals surface area (Å²) in [6.07, 6.45) is 1.54. The van der Waals surface area contributed by atoms with Gasteiger partial charge >= 0.3 is 0 Å². The molecule has 0 bridgehead atoms. The number of halogens is 2. The summed E-state index contributed by atoms with van der Waals surface area (Å²) in [6.45, 7) is 0. The molecule has 84 valence electrons. The van der Waals surface area contributed by atoms with Gasteiger partial charge in [-0.3, -0.25) is 4.98 Å². The fraction of sp³-hybridized carbons (Fsp3) is 0. The molecule has 3 aromatic heterocycles. The molecule has 0 aliphatic heterocycles. The Balaban J connectivity index is 2.23. The summed E-state index contributed by atoms with van der Waals surface area (Å²) in [6, 6.07) is 6.88. The van der Waals surface area contributed by atoms with Gasteiger partial charge in [-0.1, -0.05) is 23.2 Å². The average Bonchev–Trinajstić information content (AvgIpc) is 2.73. The minimum absolute atomic E-state index is 0.368. The van der Waals surface area contributed by atoms with Gasteiger partial charge in [0.1, 0.15) is 10.8 Å². The molecule has 0 spiro atoms. The van der Waals surface area contributed by atoms with Crippen molar-refractivity contribution in [3.05, 3.63) is 40.6 Å². The number of pyridine rings is 1. The van der Waals surface area contributed by atoms with E-state index in [1.54, 1.807) is 35.0 Å². The Morgan fingerprint density at radius 2 is 1.88 bits per heavy atom. The Labute approximate surface area is 106 Å². The molecule has 0 saturated heterocycles. The van der Waals surface area contributed by atoms with E-state index in [1.807, 2.05) is 0 Å². The van der Waals surface area contributed by atoms with Crippen molar-refractivity contribution >= 4 is 28.8 Å². The van der Waals surface area contributed by atoms with Crippen LogP contribution >= 0.6 is 23.2 Å². The maximum absolute atomic E-state index is 5.83. The van der Waals surface area contributed by atoms with Crippen LogP contribution in [0, 0.1) is 0 Å². The summed E-state index contributed by atoms with van der Waals surface area (Å²) in [5, 5.41) is 13.1. The molecule has 0 aliphatic carbocycles. The number of fused-ring (bicyclic) bond motifs is 1. The first-order valence-corrected chi connectivity index (χ1v) is 5.49. The lowest BCUT2D eigenvalue weighted by molar-refractivity contribution is 0.930. The van der Waals surface area contributed by atoms with Crippen LogP contribution in [-0.4, -0.2) is 24.8 Å². The molecule has 0 atom stereocenters. The molecular weight excluding hydrogens is 261 g/mol. The minimum atomic E-state index is 0.368. The molecule has 0 saturated carbocycles. The normalized spacial score (nSPS) is 10.9. The lowest BCUT2D eigenvalue weighted by Crippen LogP contribution is -1.96. The Morgan fingerprint density at radius 1 is 1.00 bits per heavy atom. The van der Waals surface area contributed by atoms with Crippen molar-refractivity contribution in [2.45, 2.75) is 0 Å². The first kappa shape index (κ1) is 10.4. The third kappa shape index (κ3) is 1.83. The van der Waals surface area contributed by atoms with Crippen LogP contribution in [0.2, 0.25) is 10.2 Å². The Kier molecular flexibility index (Phi) is 2.42. The second-order valence-corrected chi connectivity index (χ2v) is 4.14. The van der Waals surface area contributed by atoms with Gasteiger partial charge in [0.25, 0.3) is 0 Å². The molecule has 0 amide bonds. The first-order valence-electron chi connectivity index (χ1n) is 4.74. The van der Waals surface area contributed by atoms with Gasteiger partial charge in [0.05, 0.1) is 5.02 Å². The van der Waals surface area contributed by atoms with E-state index < -0.39 is 0 Å². The third-order valence-corrected chi connectivity index (χ3v) is 2.61. The van der Waals surface area contributed by atoms with E-state index >= 15 is 0 Å². The van der Waals surface area contributed by atoms with Crippen molar-refractivity contribution < 1.29 is 0 Å². The van der Waals surface area contributed by atoms with E-state index in [1.165, 1.54) is 0 Å². The van der Waals surface area contributed by atoms with Gasteiger partial charge in [0, 0.05) is 6.20 Å². The number of aromatic nitrogens is 5. The summed E-state index contributed by atoms with van der Waals surface area (Å²) >= 11 is 11.6. The number of nitrogens with zero attached hydrogens (tertiary/aromatic N) is 5. The molecule has 17 heavy (non-hydrogen) atoms. The summed E-state index contributed by atoms with van der Waals surface area (Å²) in [7, 11) is 0. The summed E-state index contributed by atoms with van der Waals surface area (Å²) < 4.78 is 1.54. The number of hydrogen-bond acceptors (Lipinski definition) is 4. The minimum Gasteiger partial charge on any atom is -0.251 e. The molecule has 0 aliphatic rings. The molecule has 3 aromatic rings. The summed E-state index contributed by atoms with van der Waals surface area (Å²) in [4.78, 5) is 4.16. The zero-order chi connectivity index (χ0) is 11.8. The molecule has 0 fully saturated rings. The fourth-order valence-corrected chi connectivity index (χ4v) is 1.68. The van der Waals surface area contributed by atoms with Crippen molar-refractivity contribution in [3.8, 4) is 11.5 Å². The van der Waals surface area contributed by atoms with Crippen LogP contribution in [0.25, 0.3) is 17.2 Å². The van der Waals surface area contributed by atoms with Crippen LogP contribution in [0.3, 0.4) is 0 Å². The van der Waals surface area contributed by atoms with E-state index in [2.05, 4.69) is 20.3 Å². The maximum Gasteiger partial charge on any atom is 0.203 e. The molecular formula is C10H5Cl2N5. The van der Waals surface area contributed by atoms with Crippen molar-refractivity contribution in [1.29, 1.82) is 0 Å². The molecule has 0 unspecified atom stereocenters. The zero-order valence-electron chi connectivity index (χ0n) is 8.38. The van der Waals surface area contributed by atoms with Gasteiger partial charge in [-0.05, 0) is 24.3 Å². The standard InChI is InChI=1S/C10H5Cl2N5/c11-6-1-2-7(13-5-6)10-15-14-9-4-3-8(12)16-17(9)10/h1-5H. The van der Waals surface area contributed by atoms with Gasteiger partial charge in [0.2, 0.25) is 5.82 Å². The van der Waals surface area contributed by atoms with Crippen molar-refractivity contribution in [1.82, 2.24) is 24.8 Å². The van der Waals surface area contributed by atoms with Crippen molar-refractivity contribution in [3.63, 3.8) is 0 Å². The molecule has 7 heteroatoms. The highest BCUT2D eigenvalue weighted by atomic mass is 35.5. The number of hydrogen-bond donors (Lipinski definition) is 0. The summed E-state index contributed by atoms with van der Waals surface area (Å²) in [5.41, 5.74) is 1.25. The predicted octanol–water partition coefficient (Wildman–Crippen LogP) is 2.49. The van der Waals surface area contributed by atoms with E-state index in [0.717, 1.165) is 0 Å². The molecule has 3 rings (SSSR count). The second kappa shape index (κ2) is 3.94. The van der Waals surface area contributed by atoms with Crippen LogP contribution in [0.15, 0.2) is 30.5 Å². The van der Waals surface area contributed by atoms with E-state index in [0.29, 0.717) is 27.3 Å². The topological polar surface area (TPSA) is 56.0 Å². The third-order valence-electron chi connectivity index (χ3n) is 2.19. The lowest BCUT2D eigenvalue weighted by Gasteiger charge is -1.98. The van der Waals surface area contributed by atoms with E-state index in [4.69, 9.17) is 23.2 Å². The van der Waals surface area contributed by atoms with Crippen LogP contribution in [-0.2, 0) is 0 Å². The quantitative estimate of drug-likeness (QED) is 0.679. The van der Waals surface area contributed by atoms with Gasteiger partial charge in [0.15, 0.2) is 5.65 Å². The van der Waals surface area contributed by atoms with Crippen molar-refractivity contribution in [2.24, 2.45) is 0 Å². The SMILES string of the molecule is Clc1ccc(-c2nnc3ccc(Cl)nn23)nc1. The predicted molar refractivity (Wildman–Crippen MR) is 64.0 cm³/mol. The number of rotatable bonds is 1. The van der Waals surface area contributed by atoms with E-state index in [9.17, 15) is 0 Å². The highest BCUT2D eigenvalue weighted by Gasteiger charge is 2.10. The van der Waals surface area contributed by atoms with Gasteiger partial charge in [-0.2, -0.15) is 9.61 Å². The fourth-order valence-electron chi connectivity index (χ4n) is 1.43. The van der Waals surface area contributed by atoms with Gasteiger partial charge < -0.3 is 0 Å². The zero-order valence-corrected chi connectivity index (χ0v) is 9.89.